The number of hydrogen-bond acceptors (Lipinski definition) is 4. The molecule has 0 atom stereocenters. The molecule has 0 aliphatic rings. The van der Waals surface area contributed by atoms with Crippen molar-refractivity contribution in [3.63, 3.8) is 0 Å². The Balaban J connectivity index is 1.85. The first-order chi connectivity index (χ1) is 12.7. The second kappa shape index (κ2) is 7.77. The highest BCUT2D eigenvalue weighted by molar-refractivity contribution is 6.06. The maximum absolute atomic E-state index is 12.4. The number of carbonyl (C=O) groups excluding carboxylic acids is 2. The van der Waals surface area contributed by atoms with Gasteiger partial charge in [-0.3, -0.25) is 9.59 Å². The molecule has 126 valence electrons. The average molecular weight is 342 g/mol. The number of hydrogen-bond donors (Lipinski definition) is 1. The molecule has 1 N–H and O–H groups in total. The lowest BCUT2D eigenvalue weighted by atomic mass is 10.1. The zero-order valence-corrected chi connectivity index (χ0v) is 13.7. The van der Waals surface area contributed by atoms with Gasteiger partial charge in [-0.1, -0.05) is 24.3 Å². The topological polar surface area (TPSA) is 79.2 Å². The molecular formula is C21H14N2O3. The molecule has 1 amide bonds. The van der Waals surface area contributed by atoms with Crippen molar-refractivity contribution >= 4 is 17.9 Å². The second-order valence-corrected chi connectivity index (χ2v) is 5.43. The summed E-state index contributed by atoms with van der Waals surface area (Å²) in [4.78, 5) is 23.7. The molecule has 0 spiro atoms. The number of nitrogens with one attached hydrogen (secondary N) is 1. The lowest BCUT2D eigenvalue weighted by Gasteiger charge is -2.11. The van der Waals surface area contributed by atoms with Crippen LogP contribution in [0.2, 0.25) is 0 Å². The number of para-hydroxylation sites is 1. The van der Waals surface area contributed by atoms with Gasteiger partial charge in [0.05, 0.1) is 17.3 Å². The van der Waals surface area contributed by atoms with Gasteiger partial charge in [0, 0.05) is 17.2 Å². The van der Waals surface area contributed by atoms with E-state index in [0.717, 1.165) is 0 Å². The molecule has 0 bridgehead atoms. The number of anilines is 1. The number of carbonyl (C=O) groups is 2. The van der Waals surface area contributed by atoms with Crippen LogP contribution < -0.4 is 10.1 Å². The van der Waals surface area contributed by atoms with E-state index in [4.69, 9.17) is 10.00 Å². The van der Waals surface area contributed by atoms with E-state index in [1.165, 1.54) is 6.07 Å². The predicted octanol–water partition coefficient (Wildman–Crippen LogP) is 4.42. The molecule has 0 fully saturated rings. The lowest BCUT2D eigenvalue weighted by molar-refractivity contribution is 0.102. The van der Waals surface area contributed by atoms with E-state index >= 15 is 0 Å². The summed E-state index contributed by atoms with van der Waals surface area (Å²) >= 11 is 0. The van der Waals surface area contributed by atoms with Gasteiger partial charge in [0.1, 0.15) is 11.5 Å². The van der Waals surface area contributed by atoms with E-state index in [-0.39, 0.29) is 0 Å². The minimum Gasteiger partial charge on any atom is -0.457 e. The maximum Gasteiger partial charge on any atom is 0.255 e. The fourth-order valence-corrected chi connectivity index (χ4v) is 2.36. The van der Waals surface area contributed by atoms with Crippen LogP contribution in [0.4, 0.5) is 5.69 Å². The third-order valence-corrected chi connectivity index (χ3v) is 3.63. The zero-order chi connectivity index (χ0) is 18.4. The Hall–Kier alpha value is -3.91. The van der Waals surface area contributed by atoms with Gasteiger partial charge in [-0.05, 0) is 42.5 Å². The van der Waals surface area contributed by atoms with Crippen molar-refractivity contribution in [3.05, 3.63) is 89.5 Å². The van der Waals surface area contributed by atoms with E-state index < -0.39 is 5.91 Å². The second-order valence-electron chi connectivity index (χ2n) is 5.43. The fraction of sp³-hybridized carbons (Fsp3) is 0. The Bertz CT molecular complexity index is 992. The molecule has 26 heavy (non-hydrogen) atoms. The number of nitrogens with zero attached hydrogens (tertiary/aromatic N) is 1. The standard InChI is InChI=1S/C21H14N2O3/c22-13-15-5-4-6-16(11-15)21(25)23-20-12-19(10-9-17(20)14-24)26-18-7-2-1-3-8-18/h1-12,14H,(H,23,25). The van der Waals surface area contributed by atoms with Gasteiger partial charge >= 0.3 is 0 Å². The SMILES string of the molecule is N#Cc1cccc(C(=O)Nc2cc(Oc3ccccc3)ccc2C=O)c1. The molecule has 0 saturated carbocycles. The fourth-order valence-electron chi connectivity index (χ4n) is 2.36. The molecule has 0 heterocycles. The van der Waals surface area contributed by atoms with E-state index in [1.807, 2.05) is 24.3 Å². The molecular weight excluding hydrogens is 328 g/mol. The van der Waals surface area contributed by atoms with Gasteiger partial charge in [-0.15, -0.1) is 0 Å². The Kier molecular flexibility index (Phi) is 5.06. The van der Waals surface area contributed by atoms with E-state index in [9.17, 15) is 9.59 Å². The Morgan fingerprint density at radius 3 is 2.50 bits per heavy atom. The van der Waals surface area contributed by atoms with E-state index in [0.29, 0.717) is 40.2 Å². The molecule has 0 aliphatic carbocycles. The van der Waals surface area contributed by atoms with Crippen LogP contribution in [-0.2, 0) is 0 Å². The molecule has 0 radical (unpaired) electrons. The molecule has 3 rings (SSSR count). The van der Waals surface area contributed by atoms with E-state index in [2.05, 4.69) is 5.32 Å². The normalized spacial score (nSPS) is 9.81. The van der Waals surface area contributed by atoms with Crippen LogP contribution in [-0.4, -0.2) is 12.2 Å². The van der Waals surface area contributed by atoms with Crippen LogP contribution in [0.1, 0.15) is 26.3 Å². The van der Waals surface area contributed by atoms with E-state index in [1.54, 1.807) is 48.5 Å². The summed E-state index contributed by atoms with van der Waals surface area (Å²) < 4.78 is 5.73. The maximum atomic E-state index is 12.4. The first kappa shape index (κ1) is 16.9. The minimum absolute atomic E-state index is 0.329. The number of amides is 1. The molecule has 3 aromatic carbocycles. The van der Waals surface area contributed by atoms with Crippen LogP contribution in [0.3, 0.4) is 0 Å². The summed E-state index contributed by atoms with van der Waals surface area (Å²) in [5.74, 6) is 0.718. The Morgan fingerprint density at radius 1 is 0.962 bits per heavy atom. The van der Waals surface area contributed by atoms with Crippen LogP contribution in [0.15, 0.2) is 72.8 Å². The van der Waals surface area contributed by atoms with Crippen LogP contribution >= 0.6 is 0 Å². The smallest absolute Gasteiger partial charge is 0.255 e. The van der Waals surface area contributed by atoms with Crippen molar-refractivity contribution < 1.29 is 14.3 Å². The summed E-state index contributed by atoms with van der Waals surface area (Å²) in [7, 11) is 0. The molecule has 5 nitrogen and oxygen atoms in total. The van der Waals surface area contributed by atoms with Crippen molar-refractivity contribution in [1.29, 1.82) is 5.26 Å². The van der Waals surface area contributed by atoms with Crippen molar-refractivity contribution in [1.82, 2.24) is 0 Å². The van der Waals surface area contributed by atoms with Crippen LogP contribution in [0, 0.1) is 11.3 Å². The zero-order valence-electron chi connectivity index (χ0n) is 13.7. The number of ether oxygens (including phenoxy) is 1. The highest BCUT2D eigenvalue weighted by Gasteiger charge is 2.11. The summed E-state index contributed by atoms with van der Waals surface area (Å²) in [5, 5.41) is 11.6. The van der Waals surface area contributed by atoms with Crippen LogP contribution in [0.25, 0.3) is 0 Å². The monoisotopic (exact) mass is 342 g/mol. The Labute approximate surface area is 150 Å². The highest BCUT2D eigenvalue weighted by Crippen LogP contribution is 2.26. The Morgan fingerprint density at radius 2 is 1.77 bits per heavy atom. The van der Waals surface area contributed by atoms with Crippen molar-refractivity contribution in [2.45, 2.75) is 0 Å². The number of aldehydes is 1. The summed E-state index contributed by atoms with van der Waals surface area (Å²) in [6, 6.07) is 22.3. The van der Waals surface area contributed by atoms with Gasteiger partial charge < -0.3 is 10.1 Å². The third kappa shape index (κ3) is 3.94. The third-order valence-electron chi connectivity index (χ3n) is 3.63. The number of nitriles is 1. The molecule has 0 saturated heterocycles. The summed E-state index contributed by atoms with van der Waals surface area (Å²) in [5.41, 5.74) is 1.38. The van der Waals surface area contributed by atoms with Gasteiger partial charge in [0.15, 0.2) is 6.29 Å². The molecule has 0 unspecified atom stereocenters. The molecule has 3 aromatic rings. The van der Waals surface area contributed by atoms with Gasteiger partial charge in [-0.25, -0.2) is 0 Å². The summed E-state index contributed by atoms with van der Waals surface area (Å²) in [6.45, 7) is 0. The largest absolute Gasteiger partial charge is 0.457 e. The lowest BCUT2D eigenvalue weighted by Crippen LogP contribution is -2.13. The predicted molar refractivity (Wildman–Crippen MR) is 97.5 cm³/mol. The van der Waals surface area contributed by atoms with Crippen LogP contribution in [0.5, 0.6) is 11.5 Å². The van der Waals surface area contributed by atoms with Crippen molar-refractivity contribution in [2.24, 2.45) is 0 Å². The quantitative estimate of drug-likeness (QED) is 0.696. The molecule has 5 heteroatoms. The highest BCUT2D eigenvalue weighted by atomic mass is 16.5. The van der Waals surface area contributed by atoms with Crippen molar-refractivity contribution in [2.75, 3.05) is 5.32 Å². The molecule has 0 aliphatic heterocycles. The van der Waals surface area contributed by atoms with Gasteiger partial charge in [-0.2, -0.15) is 5.26 Å². The van der Waals surface area contributed by atoms with Crippen molar-refractivity contribution in [3.8, 4) is 17.6 Å². The number of rotatable bonds is 5. The first-order valence-corrected chi connectivity index (χ1v) is 7.83. The first-order valence-electron chi connectivity index (χ1n) is 7.83. The number of benzene rings is 3. The molecule has 0 aromatic heterocycles. The minimum atomic E-state index is -0.415. The van der Waals surface area contributed by atoms with Gasteiger partial charge in [0.2, 0.25) is 0 Å². The van der Waals surface area contributed by atoms with Gasteiger partial charge in [0.25, 0.3) is 5.91 Å². The summed E-state index contributed by atoms with van der Waals surface area (Å²) in [6.07, 6.45) is 0.660. The average Bonchev–Trinajstić information content (AvgIpc) is 2.69.